The lowest BCUT2D eigenvalue weighted by Gasteiger charge is -2.13. The second-order valence-corrected chi connectivity index (χ2v) is 4.35. The number of carboxylic acid groups (broad SMARTS) is 1. The summed E-state index contributed by atoms with van der Waals surface area (Å²) in [6.07, 6.45) is 4.98. The van der Waals surface area contributed by atoms with E-state index in [1.807, 2.05) is 26.0 Å². The minimum atomic E-state index is -1.16. The number of nitrogens with one attached hydrogen (secondary N) is 1. The lowest BCUT2D eigenvalue weighted by Crippen LogP contribution is -2.42. The van der Waals surface area contributed by atoms with Crippen molar-refractivity contribution in [3.63, 3.8) is 0 Å². The summed E-state index contributed by atoms with van der Waals surface area (Å²) in [5.41, 5.74) is 2.00. The maximum absolute atomic E-state index is 11.6. The lowest BCUT2D eigenvalue weighted by molar-refractivity contribution is -0.141. The number of aryl methyl sites for hydroxylation is 1. The molecule has 5 nitrogen and oxygen atoms in total. The highest BCUT2D eigenvalue weighted by Gasteiger charge is 2.19. The van der Waals surface area contributed by atoms with Gasteiger partial charge in [0.1, 0.15) is 11.8 Å². The number of hydrogen-bond donors (Lipinski definition) is 2. The highest BCUT2D eigenvalue weighted by atomic mass is 16.5. The standard InChI is InChI=1S/C15H17NO4/c1-4-6-12(15(18)19)16-14(17)9-20-13-8-5-7-10(2)11(13)3/h1,5,7-8,12H,6,9H2,2-3H3,(H,16,17)(H,18,19). The molecule has 1 rings (SSSR count). The molecule has 0 spiro atoms. The van der Waals surface area contributed by atoms with E-state index in [1.165, 1.54) is 0 Å². The van der Waals surface area contributed by atoms with Gasteiger partial charge in [0.25, 0.3) is 5.91 Å². The van der Waals surface area contributed by atoms with Crippen molar-refractivity contribution in [3.05, 3.63) is 29.3 Å². The topological polar surface area (TPSA) is 75.6 Å². The number of aliphatic carboxylic acids is 1. The van der Waals surface area contributed by atoms with Crippen LogP contribution in [0.25, 0.3) is 0 Å². The fraction of sp³-hybridized carbons (Fsp3) is 0.333. The summed E-state index contributed by atoms with van der Waals surface area (Å²) in [5.74, 6) is 1.13. The normalized spacial score (nSPS) is 11.2. The summed E-state index contributed by atoms with van der Waals surface area (Å²) in [4.78, 5) is 22.5. The van der Waals surface area contributed by atoms with E-state index in [4.69, 9.17) is 16.3 Å². The third-order valence-electron chi connectivity index (χ3n) is 2.87. The zero-order valence-electron chi connectivity index (χ0n) is 11.5. The van der Waals surface area contributed by atoms with E-state index < -0.39 is 17.9 Å². The molecule has 0 saturated carbocycles. The quantitative estimate of drug-likeness (QED) is 0.767. The molecule has 0 fully saturated rings. The smallest absolute Gasteiger partial charge is 0.327 e. The number of carboxylic acids is 1. The van der Waals surface area contributed by atoms with Gasteiger partial charge in [0, 0.05) is 6.42 Å². The van der Waals surface area contributed by atoms with Crippen molar-refractivity contribution in [1.29, 1.82) is 0 Å². The Morgan fingerprint density at radius 3 is 2.75 bits per heavy atom. The SMILES string of the molecule is C#CCC(NC(=O)COc1cccc(C)c1C)C(=O)O. The van der Waals surface area contributed by atoms with Crippen LogP contribution < -0.4 is 10.1 Å². The van der Waals surface area contributed by atoms with E-state index in [-0.39, 0.29) is 13.0 Å². The first kappa shape index (κ1) is 15.6. The number of amides is 1. The Hall–Kier alpha value is -2.48. The van der Waals surface area contributed by atoms with Gasteiger partial charge in [-0.15, -0.1) is 12.3 Å². The Morgan fingerprint density at radius 1 is 1.45 bits per heavy atom. The molecule has 0 heterocycles. The minimum absolute atomic E-state index is 0.0649. The van der Waals surface area contributed by atoms with Gasteiger partial charge in [-0.2, -0.15) is 0 Å². The average Bonchev–Trinajstić information content (AvgIpc) is 2.40. The van der Waals surface area contributed by atoms with Gasteiger partial charge >= 0.3 is 5.97 Å². The summed E-state index contributed by atoms with van der Waals surface area (Å²) in [6, 6.07) is 4.43. The van der Waals surface area contributed by atoms with Crippen LogP contribution >= 0.6 is 0 Å². The second-order valence-electron chi connectivity index (χ2n) is 4.35. The molecule has 1 aromatic rings. The number of ether oxygens (including phenoxy) is 1. The first-order chi connectivity index (χ1) is 9.45. The molecule has 2 N–H and O–H groups in total. The molecule has 0 radical (unpaired) electrons. The molecular weight excluding hydrogens is 258 g/mol. The van der Waals surface area contributed by atoms with Crippen molar-refractivity contribution in [2.24, 2.45) is 0 Å². The predicted molar refractivity (Wildman–Crippen MR) is 74.4 cm³/mol. The van der Waals surface area contributed by atoms with Gasteiger partial charge in [0.15, 0.2) is 6.61 Å². The molecule has 0 aliphatic heterocycles. The van der Waals surface area contributed by atoms with Crippen molar-refractivity contribution < 1.29 is 19.4 Å². The van der Waals surface area contributed by atoms with Gasteiger partial charge in [-0.3, -0.25) is 4.79 Å². The van der Waals surface area contributed by atoms with Crippen LogP contribution in [0, 0.1) is 26.2 Å². The van der Waals surface area contributed by atoms with Gasteiger partial charge in [0.2, 0.25) is 0 Å². The Balaban J connectivity index is 2.57. The van der Waals surface area contributed by atoms with Gasteiger partial charge in [0.05, 0.1) is 0 Å². The molecule has 1 aromatic carbocycles. The average molecular weight is 275 g/mol. The molecule has 1 atom stereocenters. The maximum atomic E-state index is 11.6. The Labute approximate surface area is 117 Å². The van der Waals surface area contributed by atoms with E-state index in [1.54, 1.807) is 6.07 Å². The number of terminal acetylenes is 1. The van der Waals surface area contributed by atoms with Crippen LogP contribution in [0.2, 0.25) is 0 Å². The van der Waals surface area contributed by atoms with Crippen LogP contribution in [0.4, 0.5) is 0 Å². The van der Waals surface area contributed by atoms with E-state index in [0.717, 1.165) is 11.1 Å². The van der Waals surface area contributed by atoms with Crippen molar-refractivity contribution in [3.8, 4) is 18.1 Å². The minimum Gasteiger partial charge on any atom is -0.483 e. The molecule has 0 aliphatic rings. The largest absolute Gasteiger partial charge is 0.483 e. The maximum Gasteiger partial charge on any atom is 0.327 e. The first-order valence-corrected chi connectivity index (χ1v) is 6.10. The molecule has 1 amide bonds. The fourth-order valence-corrected chi connectivity index (χ4v) is 1.58. The van der Waals surface area contributed by atoms with Gasteiger partial charge in [-0.05, 0) is 31.0 Å². The van der Waals surface area contributed by atoms with Crippen LogP contribution in [0.5, 0.6) is 5.75 Å². The molecule has 0 aliphatic carbocycles. The number of rotatable bonds is 6. The van der Waals surface area contributed by atoms with E-state index in [9.17, 15) is 9.59 Å². The summed E-state index contributed by atoms with van der Waals surface area (Å²) in [7, 11) is 0. The summed E-state index contributed by atoms with van der Waals surface area (Å²) < 4.78 is 5.38. The fourth-order valence-electron chi connectivity index (χ4n) is 1.58. The predicted octanol–water partition coefficient (Wildman–Crippen LogP) is 1.27. The highest BCUT2D eigenvalue weighted by Crippen LogP contribution is 2.20. The molecular formula is C15H17NO4. The molecule has 0 bridgehead atoms. The lowest BCUT2D eigenvalue weighted by atomic mass is 10.1. The highest BCUT2D eigenvalue weighted by molar-refractivity contribution is 5.84. The number of hydrogen-bond acceptors (Lipinski definition) is 3. The second kappa shape index (κ2) is 7.19. The number of benzene rings is 1. The van der Waals surface area contributed by atoms with Crippen LogP contribution in [0.15, 0.2) is 18.2 Å². The molecule has 20 heavy (non-hydrogen) atoms. The van der Waals surface area contributed by atoms with Crippen LogP contribution in [-0.2, 0) is 9.59 Å². The van der Waals surface area contributed by atoms with Gasteiger partial charge < -0.3 is 15.2 Å². The third kappa shape index (κ3) is 4.32. The van der Waals surface area contributed by atoms with Crippen molar-refractivity contribution in [1.82, 2.24) is 5.32 Å². The zero-order chi connectivity index (χ0) is 15.1. The van der Waals surface area contributed by atoms with Crippen LogP contribution in [-0.4, -0.2) is 29.6 Å². The van der Waals surface area contributed by atoms with Crippen molar-refractivity contribution >= 4 is 11.9 Å². The summed E-state index contributed by atoms with van der Waals surface area (Å²) in [6.45, 7) is 3.58. The van der Waals surface area contributed by atoms with Crippen molar-refractivity contribution in [2.75, 3.05) is 6.61 Å². The van der Waals surface area contributed by atoms with Crippen LogP contribution in [0.3, 0.4) is 0 Å². The molecule has 106 valence electrons. The number of carbonyl (C=O) groups is 2. The van der Waals surface area contributed by atoms with E-state index in [2.05, 4.69) is 11.2 Å². The van der Waals surface area contributed by atoms with E-state index >= 15 is 0 Å². The van der Waals surface area contributed by atoms with Crippen LogP contribution in [0.1, 0.15) is 17.5 Å². The zero-order valence-corrected chi connectivity index (χ0v) is 11.5. The molecule has 0 aromatic heterocycles. The third-order valence-corrected chi connectivity index (χ3v) is 2.87. The Morgan fingerprint density at radius 2 is 2.15 bits per heavy atom. The Kier molecular flexibility index (Phi) is 5.60. The molecule has 0 saturated heterocycles. The first-order valence-electron chi connectivity index (χ1n) is 6.10. The molecule has 5 heteroatoms. The summed E-state index contributed by atoms with van der Waals surface area (Å²) in [5, 5.41) is 11.2. The molecule has 1 unspecified atom stereocenters. The summed E-state index contributed by atoms with van der Waals surface area (Å²) >= 11 is 0. The number of carbonyl (C=O) groups excluding carboxylic acids is 1. The van der Waals surface area contributed by atoms with E-state index in [0.29, 0.717) is 5.75 Å². The Bertz CT molecular complexity index is 545. The van der Waals surface area contributed by atoms with Gasteiger partial charge in [-0.25, -0.2) is 4.79 Å². The van der Waals surface area contributed by atoms with Gasteiger partial charge in [-0.1, -0.05) is 12.1 Å². The monoisotopic (exact) mass is 275 g/mol. The van der Waals surface area contributed by atoms with Crippen molar-refractivity contribution in [2.45, 2.75) is 26.3 Å².